The average Bonchev–Trinajstić information content (AvgIpc) is 1.64. The van der Waals surface area contributed by atoms with Crippen LogP contribution in [0, 0.1) is 17.5 Å². The van der Waals surface area contributed by atoms with Crippen LogP contribution in [0.2, 0.25) is 0 Å². The Kier molecular flexibility index (Phi) is 20.1. The highest BCUT2D eigenvalue weighted by Crippen LogP contribution is 2.42. The Hall–Kier alpha value is -11.7. The number of hydrogen-bond donors (Lipinski definition) is 6. The standard InChI is InChI=1S/C27H27FN6O3.2C27H27FN6O2/c1-33(2)14-21-23(37-17-8-10-36-15-17)5-6-24(32-21)31-20-4-3-18(19-12-30-27(35)26(19)20)22-13-29-25-11-16(28)7-9-34(22)25;2*1-33(2)14-23-18(16-9-10-36-15-16)5-8-25(32-23)31-22-6-4-19(21-11-29-27(35)26(21)22)20-12-30-34-13-17(28)3-7-24(20)34/h3-7,9,11,13,17H,8,10,12,14-15H2,1-2H3,(H,30,35)(H,31,32);2*3-8,12-13,16H,9-11,14-15H2,1-2H3,(H,29,35)(H,31,32)/t17-;2*16-/m010/s1. The zero-order chi connectivity index (χ0) is 75.1. The summed E-state index contributed by atoms with van der Waals surface area (Å²) in [6, 6.07) is 32.6. The summed E-state index contributed by atoms with van der Waals surface area (Å²) >= 11 is 0. The van der Waals surface area contributed by atoms with Gasteiger partial charge in [0.2, 0.25) is 0 Å². The third-order valence-corrected chi connectivity index (χ3v) is 20.2. The monoisotopic (exact) mass is 1470 g/mol. The van der Waals surface area contributed by atoms with Crippen molar-refractivity contribution in [2.75, 3.05) is 97.9 Å². The Bertz CT molecular complexity index is 5290. The minimum Gasteiger partial charge on any atom is -0.486 e. The van der Waals surface area contributed by atoms with Crippen molar-refractivity contribution in [2.45, 2.75) is 76.5 Å². The molecule has 3 saturated heterocycles. The summed E-state index contributed by atoms with van der Waals surface area (Å²) in [5.74, 6) is 1.96. The third kappa shape index (κ3) is 14.8. The van der Waals surface area contributed by atoms with E-state index in [2.05, 4.69) is 69.0 Å². The normalized spacial score (nSPS) is 17.0. The molecule has 3 amide bonds. The molecule has 18 rings (SSSR count). The van der Waals surface area contributed by atoms with E-state index in [4.69, 9.17) is 33.9 Å². The Morgan fingerprint density at radius 3 is 1.40 bits per heavy atom. The van der Waals surface area contributed by atoms with Crippen molar-refractivity contribution in [2.24, 2.45) is 0 Å². The predicted molar refractivity (Wildman–Crippen MR) is 406 cm³/mol. The van der Waals surface area contributed by atoms with Crippen molar-refractivity contribution < 1.29 is 46.5 Å². The fraction of sp³-hybridized carbons (Fsp3) is 0.296. The number of halogens is 3. The predicted octanol–water partition coefficient (Wildman–Crippen LogP) is 11.9. The van der Waals surface area contributed by atoms with Crippen LogP contribution in [0.5, 0.6) is 5.75 Å². The topological polar surface area (TPSA) is 261 Å². The van der Waals surface area contributed by atoms with Crippen LogP contribution in [-0.4, -0.2) is 164 Å². The molecular weight excluding hydrogens is 1390 g/mol. The van der Waals surface area contributed by atoms with Gasteiger partial charge in [0.15, 0.2) is 0 Å². The lowest BCUT2D eigenvalue weighted by Gasteiger charge is -2.19. The number of pyridine rings is 6. The third-order valence-electron chi connectivity index (χ3n) is 20.2. The molecule has 109 heavy (non-hydrogen) atoms. The van der Waals surface area contributed by atoms with Crippen LogP contribution in [-0.2, 0) is 53.5 Å². The highest BCUT2D eigenvalue weighted by Gasteiger charge is 2.33. The maximum Gasteiger partial charge on any atom is 0.254 e. The molecule has 12 aromatic rings. The van der Waals surface area contributed by atoms with Crippen LogP contribution in [0.15, 0.2) is 146 Å². The summed E-state index contributed by atoms with van der Waals surface area (Å²) in [6.07, 6.45) is 12.3. The average molecular weight is 1480 g/mol. The number of benzene rings is 3. The summed E-state index contributed by atoms with van der Waals surface area (Å²) in [4.78, 5) is 63.9. The number of aromatic nitrogens is 9. The number of carbonyl (C=O) groups excluding carboxylic acids is 3. The summed E-state index contributed by atoms with van der Waals surface area (Å²) in [6.45, 7) is 7.54. The molecular formula is C81H81F3N18O7. The second-order valence-corrected chi connectivity index (χ2v) is 28.7. The Labute approximate surface area is 625 Å². The Morgan fingerprint density at radius 1 is 0.486 bits per heavy atom. The molecule has 558 valence electrons. The van der Waals surface area contributed by atoms with Crippen molar-refractivity contribution in [1.82, 2.24) is 74.2 Å². The van der Waals surface area contributed by atoms with E-state index >= 15 is 0 Å². The van der Waals surface area contributed by atoms with Crippen molar-refractivity contribution in [3.63, 3.8) is 0 Å². The molecule has 9 aromatic heterocycles. The van der Waals surface area contributed by atoms with Gasteiger partial charge in [-0.2, -0.15) is 10.2 Å². The van der Waals surface area contributed by atoms with E-state index < -0.39 is 0 Å². The molecule has 0 aliphatic carbocycles. The second-order valence-electron chi connectivity index (χ2n) is 28.7. The van der Waals surface area contributed by atoms with Gasteiger partial charge < -0.3 is 65.5 Å². The van der Waals surface area contributed by atoms with Gasteiger partial charge in [0.05, 0.1) is 125 Å². The first-order valence-electron chi connectivity index (χ1n) is 36.3. The van der Waals surface area contributed by atoms with E-state index in [0.29, 0.717) is 121 Å². The molecule has 3 atom stereocenters. The van der Waals surface area contributed by atoms with Crippen LogP contribution in [0.4, 0.5) is 47.7 Å². The molecule has 6 aliphatic rings. The van der Waals surface area contributed by atoms with Gasteiger partial charge in [-0.1, -0.05) is 30.3 Å². The van der Waals surface area contributed by atoms with Crippen LogP contribution in [0.25, 0.3) is 50.2 Å². The van der Waals surface area contributed by atoms with Crippen molar-refractivity contribution in [3.8, 4) is 39.3 Å². The summed E-state index contributed by atoms with van der Waals surface area (Å²) < 4.78 is 68.6. The summed E-state index contributed by atoms with van der Waals surface area (Å²) in [7, 11) is 12.1. The zero-order valence-corrected chi connectivity index (χ0v) is 61.1. The Morgan fingerprint density at radius 2 is 0.936 bits per heavy atom. The van der Waals surface area contributed by atoms with Gasteiger partial charge in [-0.15, -0.1) is 0 Å². The molecule has 3 fully saturated rings. The van der Waals surface area contributed by atoms with Gasteiger partial charge in [0.1, 0.15) is 52.4 Å². The van der Waals surface area contributed by atoms with E-state index in [1.807, 2.05) is 112 Å². The molecule has 6 aliphatic heterocycles. The van der Waals surface area contributed by atoms with Crippen molar-refractivity contribution in [3.05, 3.63) is 225 Å². The fourth-order valence-electron chi connectivity index (χ4n) is 15.2. The summed E-state index contributed by atoms with van der Waals surface area (Å²) in [5.41, 5.74) is 18.9. The molecule has 28 heteroatoms. The maximum absolute atomic E-state index is 13.7. The number of ether oxygens (including phenoxy) is 4. The van der Waals surface area contributed by atoms with E-state index in [1.54, 1.807) is 36.9 Å². The number of nitrogens with one attached hydrogen (secondary N) is 6. The minimum absolute atomic E-state index is 0.0251. The van der Waals surface area contributed by atoms with Crippen LogP contribution < -0.4 is 36.6 Å². The van der Waals surface area contributed by atoms with E-state index in [-0.39, 0.29) is 41.3 Å². The van der Waals surface area contributed by atoms with Gasteiger partial charge >= 0.3 is 0 Å². The first-order valence-corrected chi connectivity index (χ1v) is 36.3. The van der Waals surface area contributed by atoms with E-state index in [1.165, 1.54) is 56.8 Å². The Balaban J connectivity index is 0.000000124. The molecule has 3 aromatic carbocycles. The number of rotatable bonds is 19. The first-order chi connectivity index (χ1) is 52.9. The molecule has 0 spiro atoms. The largest absolute Gasteiger partial charge is 0.486 e. The highest BCUT2D eigenvalue weighted by molar-refractivity contribution is 6.08. The second kappa shape index (κ2) is 30.5. The number of fused-ring (bicyclic) bond motifs is 6. The quantitative estimate of drug-likeness (QED) is 0.0440. The lowest BCUT2D eigenvalue weighted by atomic mass is 9.95. The number of hydrogen-bond acceptors (Lipinski definition) is 19. The number of nitrogens with zero attached hydrogens (tertiary/aromatic N) is 12. The van der Waals surface area contributed by atoms with Crippen molar-refractivity contribution in [1.29, 1.82) is 0 Å². The van der Waals surface area contributed by atoms with Gasteiger partial charge in [0.25, 0.3) is 17.7 Å². The highest BCUT2D eigenvalue weighted by atomic mass is 19.1. The van der Waals surface area contributed by atoms with Gasteiger partial charge in [-0.25, -0.2) is 42.1 Å². The first kappa shape index (κ1) is 71.6. The molecule has 0 saturated carbocycles. The SMILES string of the molecule is CN(C)Cc1nc(Nc2ccc(-c3cnc4cc(F)ccn34)c3c2C(=O)NC3)ccc1O[C@H]1CCOC1.CN(C)Cc1nc(Nc2ccc(-c3cnn4cc(F)ccc34)c3c2C(=O)NC3)ccc1[C@@H]1CCOC1.CN(C)Cc1nc(Nc2ccc(-c3cnn4cc(F)ccc34)c3c2C(=O)NC3)ccc1[C@H]1CCOC1. The van der Waals surface area contributed by atoms with E-state index in [9.17, 15) is 27.6 Å². The number of anilines is 6. The molecule has 0 radical (unpaired) electrons. The molecule has 25 nitrogen and oxygen atoms in total. The lowest BCUT2D eigenvalue weighted by molar-refractivity contribution is 0.0958. The van der Waals surface area contributed by atoms with Gasteiger partial charge in [-0.05, 0) is 167 Å². The van der Waals surface area contributed by atoms with Crippen LogP contribution >= 0.6 is 0 Å². The van der Waals surface area contributed by atoms with E-state index in [0.717, 1.165) is 130 Å². The number of carbonyl (C=O) groups is 3. The maximum atomic E-state index is 13.7. The lowest BCUT2D eigenvalue weighted by Crippen LogP contribution is -2.19. The fourth-order valence-corrected chi connectivity index (χ4v) is 15.2. The molecule has 0 unspecified atom stereocenters. The van der Waals surface area contributed by atoms with Gasteiger partial charge in [0, 0.05) is 99.7 Å². The molecule has 6 N–H and O–H groups in total. The van der Waals surface area contributed by atoms with Crippen LogP contribution in [0.1, 0.15) is 107 Å². The zero-order valence-electron chi connectivity index (χ0n) is 61.1. The molecule has 0 bridgehead atoms. The van der Waals surface area contributed by atoms with Gasteiger partial charge in [-0.3, -0.25) is 18.8 Å². The smallest absolute Gasteiger partial charge is 0.254 e. The number of imidazole rings is 1. The number of amides is 3. The molecule has 15 heterocycles. The van der Waals surface area contributed by atoms with Crippen molar-refractivity contribution >= 4 is 68.9 Å². The summed E-state index contributed by atoms with van der Waals surface area (Å²) in [5, 5.41) is 27.5. The van der Waals surface area contributed by atoms with Crippen LogP contribution in [0.3, 0.4) is 0 Å². The minimum atomic E-state index is -0.355.